The van der Waals surface area contributed by atoms with Crippen molar-refractivity contribution in [1.82, 2.24) is 9.78 Å². The molecule has 0 radical (unpaired) electrons. The molecule has 1 aromatic heterocycles. The summed E-state index contributed by atoms with van der Waals surface area (Å²) in [5.74, 6) is 0.295. The van der Waals surface area contributed by atoms with Crippen molar-refractivity contribution in [2.45, 2.75) is 6.61 Å². The quantitative estimate of drug-likeness (QED) is 0.803. The summed E-state index contributed by atoms with van der Waals surface area (Å²) >= 11 is 0. The Morgan fingerprint density at radius 1 is 1.18 bits per heavy atom. The molecule has 0 bridgehead atoms. The Bertz CT molecular complexity index is 784. The summed E-state index contributed by atoms with van der Waals surface area (Å²) in [5, 5.41) is 4.06. The number of nitrogens with two attached hydrogens (primary N) is 1. The number of hydrogen-bond acceptors (Lipinski definition) is 3. The van der Waals surface area contributed by atoms with Crippen molar-refractivity contribution in [1.29, 1.82) is 0 Å². The highest BCUT2D eigenvalue weighted by molar-refractivity contribution is 5.73. The highest BCUT2D eigenvalue weighted by Crippen LogP contribution is 2.29. The molecule has 0 spiro atoms. The van der Waals surface area contributed by atoms with Crippen molar-refractivity contribution in [3.63, 3.8) is 0 Å². The zero-order chi connectivity index (χ0) is 15.5. The summed E-state index contributed by atoms with van der Waals surface area (Å²) in [6.45, 7) is 0.326. The van der Waals surface area contributed by atoms with Gasteiger partial charge in [0, 0.05) is 12.6 Å². The van der Waals surface area contributed by atoms with Gasteiger partial charge in [0.15, 0.2) is 11.6 Å². The summed E-state index contributed by atoms with van der Waals surface area (Å²) in [4.78, 5) is 0. The Kier molecular flexibility index (Phi) is 3.78. The van der Waals surface area contributed by atoms with Gasteiger partial charge < -0.3 is 10.5 Å². The van der Waals surface area contributed by atoms with E-state index in [1.165, 1.54) is 6.07 Å². The lowest BCUT2D eigenvalue weighted by atomic mass is 10.1. The fourth-order valence-corrected chi connectivity index (χ4v) is 2.19. The SMILES string of the molecule is Cn1ncc(-c2ccc(OCc3ccccc3)c(F)c2)c1N. The van der Waals surface area contributed by atoms with Gasteiger partial charge in [-0.2, -0.15) is 5.10 Å². The molecule has 22 heavy (non-hydrogen) atoms. The van der Waals surface area contributed by atoms with E-state index in [4.69, 9.17) is 10.5 Å². The monoisotopic (exact) mass is 297 g/mol. The fourth-order valence-electron chi connectivity index (χ4n) is 2.19. The van der Waals surface area contributed by atoms with Crippen molar-refractivity contribution in [2.24, 2.45) is 7.05 Å². The first kappa shape index (κ1) is 14.1. The van der Waals surface area contributed by atoms with E-state index >= 15 is 0 Å². The number of halogens is 1. The van der Waals surface area contributed by atoms with Crippen LogP contribution in [0.5, 0.6) is 5.75 Å². The van der Waals surface area contributed by atoms with Gasteiger partial charge in [0.05, 0.1) is 6.20 Å². The molecule has 0 unspecified atom stereocenters. The van der Waals surface area contributed by atoms with Gasteiger partial charge in [0.1, 0.15) is 12.4 Å². The van der Waals surface area contributed by atoms with Crippen LogP contribution in [0.1, 0.15) is 5.56 Å². The minimum Gasteiger partial charge on any atom is -0.486 e. The average Bonchev–Trinajstić information content (AvgIpc) is 2.87. The van der Waals surface area contributed by atoms with Crippen LogP contribution < -0.4 is 10.5 Å². The molecule has 5 heteroatoms. The van der Waals surface area contributed by atoms with Gasteiger partial charge in [-0.3, -0.25) is 4.68 Å². The second kappa shape index (κ2) is 5.89. The van der Waals surface area contributed by atoms with E-state index in [1.807, 2.05) is 30.3 Å². The second-order valence-corrected chi connectivity index (χ2v) is 4.99. The Morgan fingerprint density at radius 3 is 2.59 bits per heavy atom. The smallest absolute Gasteiger partial charge is 0.165 e. The highest BCUT2D eigenvalue weighted by atomic mass is 19.1. The highest BCUT2D eigenvalue weighted by Gasteiger charge is 2.11. The van der Waals surface area contributed by atoms with E-state index in [2.05, 4.69) is 5.10 Å². The number of hydrogen-bond donors (Lipinski definition) is 1. The lowest BCUT2D eigenvalue weighted by Gasteiger charge is -2.09. The van der Waals surface area contributed by atoms with E-state index in [1.54, 1.807) is 30.1 Å². The van der Waals surface area contributed by atoms with E-state index in [-0.39, 0.29) is 5.75 Å². The number of benzene rings is 2. The van der Waals surface area contributed by atoms with Crippen molar-refractivity contribution >= 4 is 5.82 Å². The van der Waals surface area contributed by atoms with Crippen LogP contribution in [0.15, 0.2) is 54.7 Å². The van der Waals surface area contributed by atoms with Gasteiger partial charge in [0.2, 0.25) is 0 Å². The second-order valence-electron chi connectivity index (χ2n) is 4.99. The van der Waals surface area contributed by atoms with Crippen molar-refractivity contribution in [3.8, 4) is 16.9 Å². The van der Waals surface area contributed by atoms with Gasteiger partial charge in [-0.1, -0.05) is 36.4 Å². The van der Waals surface area contributed by atoms with Crippen molar-refractivity contribution in [2.75, 3.05) is 5.73 Å². The van der Waals surface area contributed by atoms with Crippen LogP contribution in [0.4, 0.5) is 10.2 Å². The molecule has 0 saturated carbocycles. The Morgan fingerprint density at radius 2 is 1.95 bits per heavy atom. The molecule has 1 heterocycles. The first-order valence-electron chi connectivity index (χ1n) is 6.89. The average molecular weight is 297 g/mol. The molecule has 4 nitrogen and oxygen atoms in total. The Labute approximate surface area is 128 Å². The molecule has 0 saturated heterocycles. The van der Waals surface area contributed by atoms with Crippen molar-refractivity contribution < 1.29 is 9.13 Å². The Balaban J connectivity index is 1.79. The van der Waals surface area contributed by atoms with E-state index in [9.17, 15) is 4.39 Å². The minimum atomic E-state index is -0.420. The molecule has 0 aliphatic carbocycles. The van der Waals surface area contributed by atoms with Crippen LogP contribution in [0.25, 0.3) is 11.1 Å². The van der Waals surface area contributed by atoms with Crippen LogP contribution in [0.3, 0.4) is 0 Å². The molecule has 0 aliphatic rings. The van der Waals surface area contributed by atoms with Crippen LogP contribution >= 0.6 is 0 Å². The number of aryl methyl sites for hydroxylation is 1. The van der Waals surface area contributed by atoms with Crippen LogP contribution in [0, 0.1) is 5.82 Å². The van der Waals surface area contributed by atoms with Crippen LogP contribution in [0.2, 0.25) is 0 Å². The fraction of sp³-hybridized carbons (Fsp3) is 0.118. The first-order valence-corrected chi connectivity index (χ1v) is 6.89. The van der Waals surface area contributed by atoms with E-state index < -0.39 is 5.82 Å². The number of rotatable bonds is 4. The number of nitrogen functional groups attached to an aromatic ring is 1. The predicted molar refractivity (Wildman–Crippen MR) is 83.8 cm³/mol. The normalized spacial score (nSPS) is 10.6. The standard InChI is InChI=1S/C17H16FN3O/c1-21-17(19)14(10-20-21)13-7-8-16(15(18)9-13)22-11-12-5-3-2-4-6-12/h2-10H,11,19H2,1H3. The lowest BCUT2D eigenvalue weighted by Crippen LogP contribution is -1.99. The van der Waals surface area contributed by atoms with Gasteiger partial charge in [-0.15, -0.1) is 0 Å². The molecule has 3 rings (SSSR count). The third kappa shape index (κ3) is 2.79. The van der Waals surface area contributed by atoms with Gasteiger partial charge in [0.25, 0.3) is 0 Å². The summed E-state index contributed by atoms with van der Waals surface area (Å²) in [6, 6.07) is 14.4. The number of aromatic nitrogens is 2. The Hall–Kier alpha value is -2.82. The molecule has 0 atom stereocenters. The molecular weight excluding hydrogens is 281 g/mol. The zero-order valence-electron chi connectivity index (χ0n) is 12.2. The van der Waals surface area contributed by atoms with E-state index in [0.717, 1.165) is 5.56 Å². The third-order valence-electron chi connectivity index (χ3n) is 3.46. The molecule has 0 fully saturated rings. The van der Waals surface area contributed by atoms with Crippen LogP contribution in [-0.2, 0) is 13.7 Å². The molecule has 2 aromatic carbocycles. The molecular formula is C17H16FN3O. The van der Waals surface area contributed by atoms with E-state index in [0.29, 0.717) is 23.6 Å². The maximum atomic E-state index is 14.2. The minimum absolute atomic E-state index is 0.218. The molecule has 2 N–H and O–H groups in total. The zero-order valence-corrected chi connectivity index (χ0v) is 12.2. The summed E-state index contributed by atoms with van der Waals surface area (Å²) < 4.78 is 21.3. The topological polar surface area (TPSA) is 53.1 Å². The summed E-state index contributed by atoms with van der Waals surface area (Å²) in [5.41, 5.74) is 8.27. The third-order valence-corrected chi connectivity index (χ3v) is 3.46. The van der Waals surface area contributed by atoms with Gasteiger partial charge >= 0.3 is 0 Å². The predicted octanol–water partition coefficient (Wildman–Crippen LogP) is 3.39. The molecule has 0 amide bonds. The maximum absolute atomic E-state index is 14.2. The number of ether oxygens (including phenoxy) is 1. The van der Waals surface area contributed by atoms with Crippen LogP contribution in [-0.4, -0.2) is 9.78 Å². The number of nitrogens with zero attached hydrogens (tertiary/aromatic N) is 2. The molecule has 3 aromatic rings. The summed E-state index contributed by atoms with van der Waals surface area (Å²) in [6.07, 6.45) is 1.62. The van der Waals surface area contributed by atoms with Crippen molar-refractivity contribution in [3.05, 3.63) is 66.1 Å². The molecule has 112 valence electrons. The lowest BCUT2D eigenvalue weighted by molar-refractivity contribution is 0.290. The first-order chi connectivity index (χ1) is 10.6. The summed E-state index contributed by atoms with van der Waals surface area (Å²) in [7, 11) is 1.74. The molecule has 0 aliphatic heterocycles. The largest absolute Gasteiger partial charge is 0.486 e. The van der Waals surface area contributed by atoms with Gasteiger partial charge in [-0.05, 0) is 23.3 Å². The maximum Gasteiger partial charge on any atom is 0.165 e. The van der Waals surface area contributed by atoms with Gasteiger partial charge in [-0.25, -0.2) is 4.39 Å². The number of anilines is 1.